The molecule has 0 radical (unpaired) electrons. The third-order valence-corrected chi connectivity index (χ3v) is 4.16. The number of hydrogen-bond acceptors (Lipinski definition) is 8. The molecule has 2 saturated heterocycles. The summed E-state index contributed by atoms with van der Waals surface area (Å²) in [5.41, 5.74) is 0. The van der Waals surface area contributed by atoms with Crippen molar-refractivity contribution in [3.63, 3.8) is 0 Å². The van der Waals surface area contributed by atoms with Crippen LogP contribution in [0.25, 0.3) is 0 Å². The Kier molecular flexibility index (Phi) is 9.39. The molecule has 2 aromatic rings. The van der Waals surface area contributed by atoms with Crippen molar-refractivity contribution in [2.75, 3.05) is 36.9 Å². The van der Waals surface area contributed by atoms with Crippen molar-refractivity contribution in [2.45, 2.75) is 37.9 Å². The Bertz CT molecular complexity index is 552. The van der Waals surface area contributed by atoms with Crippen LogP contribution < -0.4 is 10.6 Å². The highest BCUT2D eigenvalue weighted by molar-refractivity contribution is 5.22. The van der Waals surface area contributed by atoms with Crippen LogP contribution in [0.15, 0.2) is 36.9 Å². The van der Waals surface area contributed by atoms with Crippen molar-refractivity contribution in [3.8, 4) is 0 Å². The van der Waals surface area contributed by atoms with Gasteiger partial charge in [-0.1, -0.05) is 0 Å². The molecule has 0 bridgehead atoms. The van der Waals surface area contributed by atoms with Gasteiger partial charge in [0.05, 0.1) is 12.2 Å². The molecule has 0 amide bonds. The molecule has 2 aliphatic heterocycles. The van der Waals surface area contributed by atoms with Crippen LogP contribution in [0.4, 0.5) is 11.9 Å². The smallest absolute Gasteiger partial charge is 0.222 e. The van der Waals surface area contributed by atoms with E-state index in [0.717, 1.165) is 39.1 Å². The van der Waals surface area contributed by atoms with Crippen molar-refractivity contribution in [1.82, 2.24) is 19.9 Å². The first-order valence-electron chi connectivity index (χ1n) is 9.15. The quantitative estimate of drug-likeness (QED) is 0.773. The van der Waals surface area contributed by atoms with Gasteiger partial charge in [0.25, 0.3) is 0 Å². The molecule has 2 fully saturated rings. The van der Waals surface area contributed by atoms with Gasteiger partial charge in [-0.15, -0.1) is 0 Å². The van der Waals surface area contributed by atoms with Crippen LogP contribution in [0.2, 0.25) is 0 Å². The Morgan fingerprint density at radius 3 is 1.48 bits per heavy atom. The third-order valence-electron chi connectivity index (χ3n) is 4.16. The zero-order valence-corrected chi connectivity index (χ0v) is 15.4. The van der Waals surface area contributed by atoms with Gasteiger partial charge in [0.1, 0.15) is 0 Å². The van der Waals surface area contributed by atoms with Crippen molar-refractivity contribution in [1.29, 1.82) is 0 Å². The minimum Gasteiger partial charge on any atom is -0.412 e. The highest BCUT2D eigenvalue weighted by Gasteiger charge is 2.15. The van der Waals surface area contributed by atoms with E-state index in [-0.39, 0.29) is 5.48 Å². The molecule has 4 heterocycles. The zero-order valence-electron chi connectivity index (χ0n) is 15.4. The molecule has 2 aliphatic rings. The molecule has 2 aromatic heterocycles. The standard InChI is InChI=1S/2C9H13N3O.H2O/c2*1-3-8(13-6-1)7-12-9-10-4-2-5-11-9;/h2*2,4-5,8H,1,3,6-7H2,(H,10,11,12);1H2. The first-order chi connectivity index (χ1) is 12.9. The summed E-state index contributed by atoms with van der Waals surface area (Å²) in [5, 5.41) is 6.28. The SMILES string of the molecule is O.c1cnc(NCC2CCCO2)nc1.c1cnc(NCC2CCCO2)nc1. The van der Waals surface area contributed by atoms with Gasteiger partial charge < -0.3 is 25.6 Å². The van der Waals surface area contributed by atoms with Gasteiger partial charge in [-0.25, -0.2) is 19.9 Å². The van der Waals surface area contributed by atoms with E-state index < -0.39 is 0 Å². The maximum Gasteiger partial charge on any atom is 0.222 e. The topological polar surface area (TPSA) is 126 Å². The fraction of sp³-hybridized carbons (Fsp3) is 0.556. The van der Waals surface area contributed by atoms with Crippen LogP contribution in [0, 0.1) is 0 Å². The van der Waals surface area contributed by atoms with Gasteiger partial charge in [0.2, 0.25) is 11.9 Å². The Morgan fingerprint density at radius 1 is 0.741 bits per heavy atom. The van der Waals surface area contributed by atoms with Crippen LogP contribution >= 0.6 is 0 Å². The van der Waals surface area contributed by atoms with Crippen LogP contribution in [-0.4, -0.2) is 63.9 Å². The summed E-state index contributed by atoms with van der Waals surface area (Å²) < 4.78 is 10.9. The van der Waals surface area contributed by atoms with E-state index in [1.807, 2.05) is 0 Å². The molecule has 0 spiro atoms. The summed E-state index contributed by atoms with van der Waals surface area (Å²) >= 11 is 0. The fourth-order valence-electron chi connectivity index (χ4n) is 2.80. The number of aromatic nitrogens is 4. The Morgan fingerprint density at radius 2 is 1.15 bits per heavy atom. The first kappa shape index (κ1) is 20.9. The predicted molar refractivity (Wildman–Crippen MR) is 103 cm³/mol. The first-order valence-corrected chi connectivity index (χ1v) is 9.15. The van der Waals surface area contributed by atoms with Gasteiger partial charge in [0.15, 0.2) is 0 Å². The van der Waals surface area contributed by atoms with Crippen molar-refractivity contribution in [3.05, 3.63) is 36.9 Å². The lowest BCUT2D eigenvalue weighted by Gasteiger charge is -2.09. The summed E-state index contributed by atoms with van der Waals surface area (Å²) in [5.74, 6) is 1.36. The predicted octanol–water partition coefficient (Wildman–Crippen LogP) is 1.31. The Balaban J connectivity index is 0.000000187. The molecule has 2 unspecified atom stereocenters. The lowest BCUT2D eigenvalue weighted by molar-refractivity contribution is 0.120. The van der Waals surface area contributed by atoms with Crippen molar-refractivity contribution in [2.24, 2.45) is 0 Å². The Labute approximate surface area is 159 Å². The lowest BCUT2D eigenvalue weighted by Crippen LogP contribution is -2.19. The molecule has 0 aliphatic carbocycles. The molecular weight excluding hydrogens is 348 g/mol. The lowest BCUT2D eigenvalue weighted by atomic mass is 10.2. The van der Waals surface area contributed by atoms with E-state index in [9.17, 15) is 0 Å². The summed E-state index contributed by atoms with van der Waals surface area (Å²) in [6.07, 6.45) is 12.2. The van der Waals surface area contributed by atoms with E-state index in [1.165, 1.54) is 12.8 Å². The van der Waals surface area contributed by atoms with Crippen LogP contribution in [-0.2, 0) is 9.47 Å². The molecule has 0 saturated carbocycles. The van der Waals surface area contributed by atoms with Gasteiger partial charge in [-0.05, 0) is 37.8 Å². The molecule has 9 heteroatoms. The maximum atomic E-state index is 5.46. The van der Waals surface area contributed by atoms with Crippen molar-refractivity contribution < 1.29 is 14.9 Å². The molecular formula is C18H28N6O3. The second-order valence-corrected chi connectivity index (χ2v) is 6.18. The maximum absolute atomic E-state index is 5.46. The number of ether oxygens (including phenoxy) is 2. The largest absolute Gasteiger partial charge is 0.412 e. The third kappa shape index (κ3) is 7.81. The van der Waals surface area contributed by atoms with E-state index >= 15 is 0 Å². The van der Waals surface area contributed by atoms with E-state index in [0.29, 0.717) is 24.1 Å². The second kappa shape index (κ2) is 12.1. The molecule has 2 atom stereocenters. The summed E-state index contributed by atoms with van der Waals surface area (Å²) in [4.78, 5) is 16.2. The van der Waals surface area contributed by atoms with E-state index in [2.05, 4.69) is 30.6 Å². The zero-order chi connectivity index (χ0) is 17.9. The highest BCUT2D eigenvalue weighted by atomic mass is 16.5. The highest BCUT2D eigenvalue weighted by Crippen LogP contribution is 2.12. The number of nitrogens with one attached hydrogen (secondary N) is 2. The van der Waals surface area contributed by atoms with Crippen LogP contribution in [0.1, 0.15) is 25.7 Å². The molecule has 27 heavy (non-hydrogen) atoms. The number of anilines is 2. The average molecular weight is 376 g/mol. The minimum atomic E-state index is 0. The van der Waals surface area contributed by atoms with Gasteiger partial charge in [-0.2, -0.15) is 0 Å². The van der Waals surface area contributed by atoms with Gasteiger partial charge in [0, 0.05) is 51.1 Å². The average Bonchev–Trinajstić information content (AvgIpc) is 3.41. The Hall–Kier alpha value is -2.36. The molecule has 4 rings (SSSR count). The van der Waals surface area contributed by atoms with E-state index in [1.54, 1.807) is 36.9 Å². The van der Waals surface area contributed by atoms with E-state index in [4.69, 9.17) is 9.47 Å². The monoisotopic (exact) mass is 376 g/mol. The minimum absolute atomic E-state index is 0. The molecule has 9 nitrogen and oxygen atoms in total. The number of nitrogens with zero attached hydrogens (tertiary/aromatic N) is 4. The van der Waals surface area contributed by atoms with Crippen LogP contribution in [0.5, 0.6) is 0 Å². The second-order valence-electron chi connectivity index (χ2n) is 6.18. The summed E-state index contributed by atoms with van der Waals surface area (Å²) in [7, 11) is 0. The molecule has 0 aromatic carbocycles. The summed E-state index contributed by atoms with van der Waals surface area (Å²) in [6.45, 7) is 3.40. The fourth-order valence-corrected chi connectivity index (χ4v) is 2.80. The summed E-state index contributed by atoms with van der Waals surface area (Å²) in [6, 6.07) is 3.61. The van der Waals surface area contributed by atoms with Gasteiger partial charge >= 0.3 is 0 Å². The number of hydrogen-bond donors (Lipinski definition) is 2. The molecule has 4 N–H and O–H groups in total. The van der Waals surface area contributed by atoms with Crippen LogP contribution in [0.3, 0.4) is 0 Å². The normalized spacial score (nSPS) is 20.9. The molecule has 148 valence electrons. The van der Waals surface area contributed by atoms with Gasteiger partial charge in [-0.3, -0.25) is 0 Å². The van der Waals surface area contributed by atoms with Crippen molar-refractivity contribution >= 4 is 11.9 Å². The number of rotatable bonds is 6.